The summed E-state index contributed by atoms with van der Waals surface area (Å²) in [5, 5.41) is 10.3. The third-order valence-electron chi connectivity index (χ3n) is 5.81. The van der Waals surface area contributed by atoms with Crippen molar-refractivity contribution in [1.29, 1.82) is 0 Å². The second-order valence-electron chi connectivity index (χ2n) is 8.26. The number of benzene rings is 2. The number of halogens is 1. The minimum atomic E-state index is -0.481. The zero-order valence-corrected chi connectivity index (χ0v) is 19.0. The van der Waals surface area contributed by atoms with E-state index in [9.17, 15) is 0 Å². The number of allylic oxidation sites excluding steroid dienone is 1. The Balaban J connectivity index is 1.28. The standard InChI is InChI=1S/C26H17FN8O/c1-14-9-15-4-6-21(23(27)17(15)10-14)36-26-24(28-2)25(31-13-32-26)33-22-12-19(34-35-22)16-3-5-18-20(11-16)30-8-7-29-18/h3-8,10-13H,9H2,1H3,(H2,31,32,33,34,35). The van der Waals surface area contributed by atoms with Gasteiger partial charge in [-0.05, 0) is 37.1 Å². The Kier molecular flexibility index (Phi) is 5.08. The molecule has 2 N–H and O–H groups in total. The molecule has 6 rings (SSSR count). The van der Waals surface area contributed by atoms with E-state index in [2.05, 4.69) is 40.3 Å². The lowest BCUT2D eigenvalue weighted by Crippen LogP contribution is -1.99. The van der Waals surface area contributed by atoms with Crippen molar-refractivity contribution in [2.24, 2.45) is 0 Å². The molecule has 174 valence electrons. The molecule has 0 bridgehead atoms. The molecule has 10 heteroatoms. The van der Waals surface area contributed by atoms with Crippen LogP contribution in [0.15, 0.2) is 60.7 Å². The van der Waals surface area contributed by atoms with Gasteiger partial charge in [-0.15, -0.1) is 0 Å². The van der Waals surface area contributed by atoms with Gasteiger partial charge in [0.15, 0.2) is 17.4 Å². The fourth-order valence-electron chi connectivity index (χ4n) is 4.12. The van der Waals surface area contributed by atoms with Crippen LogP contribution >= 0.6 is 0 Å². The minimum absolute atomic E-state index is 0.00397. The SMILES string of the molecule is [C-]#[N+]c1c(Nc2cc(-c3ccc4nccnc4c3)[nH]n2)ncnc1Oc1ccc2c(c1F)C=C(C)C2. The first-order valence-electron chi connectivity index (χ1n) is 11.0. The molecule has 1 aliphatic carbocycles. The van der Waals surface area contributed by atoms with Crippen molar-refractivity contribution in [2.45, 2.75) is 13.3 Å². The minimum Gasteiger partial charge on any atom is -0.446 e. The summed E-state index contributed by atoms with van der Waals surface area (Å²) in [5.41, 5.74) is 5.66. The summed E-state index contributed by atoms with van der Waals surface area (Å²) in [6.45, 7) is 9.61. The zero-order valence-electron chi connectivity index (χ0n) is 19.0. The van der Waals surface area contributed by atoms with Gasteiger partial charge in [-0.25, -0.2) is 19.2 Å². The average Bonchev–Trinajstić information content (AvgIpc) is 3.52. The monoisotopic (exact) mass is 476 g/mol. The van der Waals surface area contributed by atoms with E-state index >= 15 is 4.39 Å². The van der Waals surface area contributed by atoms with Crippen LogP contribution in [0.3, 0.4) is 0 Å². The first-order valence-corrected chi connectivity index (χ1v) is 11.0. The van der Waals surface area contributed by atoms with Gasteiger partial charge in [0.1, 0.15) is 12.1 Å². The summed E-state index contributed by atoms with van der Waals surface area (Å²) in [6.07, 6.45) is 7.04. The van der Waals surface area contributed by atoms with Crippen molar-refractivity contribution in [1.82, 2.24) is 30.1 Å². The number of nitrogens with zero attached hydrogens (tertiary/aromatic N) is 6. The van der Waals surface area contributed by atoms with Crippen LogP contribution in [0.5, 0.6) is 11.6 Å². The highest BCUT2D eigenvalue weighted by Crippen LogP contribution is 2.39. The number of aromatic amines is 1. The molecule has 5 aromatic rings. The van der Waals surface area contributed by atoms with Gasteiger partial charge in [0.2, 0.25) is 5.88 Å². The quantitative estimate of drug-likeness (QED) is 0.300. The molecule has 3 aromatic heterocycles. The molecule has 9 nitrogen and oxygen atoms in total. The Morgan fingerprint density at radius 2 is 1.92 bits per heavy atom. The third kappa shape index (κ3) is 3.78. The summed E-state index contributed by atoms with van der Waals surface area (Å²) in [7, 11) is 0. The largest absolute Gasteiger partial charge is 0.446 e. The molecule has 1 aliphatic rings. The van der Waals surface area contributed by atoms with Gasteiger partial charge in [0, 0.05) is 29.6 Å². The maximum Gasteiger partial charge on any atom is 0.288 e. The molecule has 0 radical (unpaired) electrons. The van der Waals surface area contributed by atoms with E-state index in [1.807, 2.05) is 31.2 Å². The van der Waals surface area contributed by atoms with E-state index < -0.39 is 5.82 Å². The van der Waals surface area contributed by atoms with E-state index in [-0.39, 0.29) is 23.1 Å². The van der Waals surface area contributed by atoms with Crippen molar-refractivity contribution >= 4 is 34.4 Å². The molecule has 0 unspecified atom stereocenters. The van der Waals surface area contributed by atoms with E-state index in [1.54, 1.807) is 30.6 Å². The van der Waals surface area contributed by atoms with E-state index in [1.165, 1.54) is 6.33 Å². The Bertz CT molecular complexity index is 1720. The second-order valence-corrected chi connectivity index (χ2v) is 8.26. The van der Waals surface area contributed by atoms with Gasteiger partial charge >= 0.3 is 0 Å². The van der Waals surface area contributed by atoms with Gasteiger partial charge in [-0.1, -0.05) is 23.8 Å². The Morgan fingerprint density at radius 1 is 1.06 bits per heavy atom. The molecule has 0 atom stereocenters. The summed E-state index contributed by atoms with van der Waals surface area (Å²) >= 11 is 0. The number of nitrogens with one attached hydrogen (secondary N) is 2. The fourth-order valence-corrected chi connectivity index (χ4v) is 4.12. The highest BCUT2D eigenvalue weighted by Gasteiger charge is 2.21. The summed E-state index contributed by atoms with van der Waals surface area (Å²) in [6, 6.07) is 10.9. The van der Waals surface area contributed by atoms with Crippen LogP contribution in [0, 0.1) is 12.4 Å². The lowest BCUT2D eigenvalue weighted by Gasteiger charge is -2.11. The molecule has 0 saturated carbocycles. The van der Waals surface area contributed by atoms with Crippen molar-refractivity contribution in [3.05, 3.63) is 89.1 Å². The highest BCUT2D eigenvalue weighted by atomic mass is 19.1. The van der Waals surface area contributed by atoms with Gasteiger partial charge in [-0.2, -0.15) is 5.10 Å². The molecule has 36 heavy (non-hydrogen) atoms. The van der Waals surface area contributed by atoms with Crippen LogP contribution in [0.2, 0.25) is 0 Å². The first-order chi connectivity index (χ1) is 17.6. The predicted molar refractivity (Wildman–Crippen MR) is 133 cm³/mol. The normalized spacial score (nSPS) is 12.2. The smallest absolute Gasteiger partial charge is 0.288 e. The van der Waals surface area contributed by atoms with Crippen molar-refractivity contribution in [3.63, 3.8) is 0 Å². The van der Waals surface area contributed by atoms with Gasteiger partial charge in [0.25, 0.3) is 5.69 Å². The van der Waals surface area contributed by atoms with Crippen molar-refractivity contribution in [2.75, 3.05) is 5.32 Å². The Labute approximate surface area is 204 Å². The lowest BCUT2D eigenvalue weighted by atomic mass is 10.1. The number of ether oxygens (including phenoxy) is 1. The third-order valence-corrected chi connectivity index (χ3v) is 5.81. The molecule has 0 fully saturated rings. The maximum atomic E-state index is 15.0. The molecule has 3 heterocycles. The fraction of sp³-hybridized carbons (Fsp3) is 0.0769. The van der Waals surface area contributed by atoms with Crippen molar-refractivity contribution < 1.29 is 9.13 Å². The van der Waals surface area contributed by atoms with Crippen LogP contribution in [0.25, 0.3) is 33.2 Å². The molecular formula is C26H17FN8O. The first kappa shape index (κ1) is 21.4. The number of aromatic nitrogens is 6. The Morgan fingerprint density at radius 3 is 2.78 bits per heavy atom. The van der Waals surface area contributed by atoms with Gasteiger partial charge in [-0.3, -0.25) is 15.1 Å². The second kappa shape index (κ2) is 8.56. The number of rotatable bonds is 5. The predicted octanol–water partition coefficient (Wildman–Crippen LogP) is 6.00. The van der Waals surface area contributed by atoms with Crippen LogP contribution in [-0.2, 0) is 6.42 Å². The number of H-pyrrole nitrogens is 1. The molecular weight excluding hydrogens is 459 g/mol. The van der Waals surface area contributed by atoms with E-state index in [0.717, 1.165) is 33.4 Å². The van der Waals surface area contributed by atoms with Crippen LogP contribution < -0.4 is 10.1 Å². The molecule has 2 aromatic carbocycles. The number of fused-ring (bicyclic) bond motifs is 2. The van der Waals surface area contributed by atoms with Crippen molar-refractivity contribution in [3.8, 4) is 22.9 Å². The topological polar surface area (TPSA) is 106 Å². The number of hydrogen-bond acceptors (Lipinski definition) is 7. The average molecular weight is 476 g/mol. The summed E-state index contributed by atoms with van der Waals surface area (Å²) in [5.74, 6) is 0.0860. The van der Waals surface area contributed by atoms with Crippen LogP contribution in [0.4, 0.5) is 21.7 Å². The van der Waals surface area contributed by atoms with Crippen LogP contribution in [0.1, 0.15) is 18.1 Å². The Hall–Kier alpha value is -5.17. The van der Waals surface area contributed by atoms with Gasteiger partial charge in [0.05, 0.1) is 23.3 Å². The van der Waals surface area contributed by atoms with E-state index in [0.29, 0.717) is 17.8 Å². The maximum absolute atomic E-state index is 15.0. The van der Waals surface area contributed by atoms with Crippen LogP contribution in [-0.4, -0.2) is 30.1 Å². The van der Waals surface area contributed by atoms with E-state index in [4.69, 9.17) is 11.3 Å². The number of hydrogen-bond donors (Lipinski definition) is 2. The highest BCUT2D eigenvalue weighted by molar-refractivity contribution is 5.81. The summed E-state index contributed by atoms with van der Waals surface area (Å²) < 4.78 is 20.8. The lowest BCUT2D eigenvalue weighted by molar-refractivity contribution is 0.428. The molecule has 0 amide bonds. The zero-order chi connectivity index (χ0) is 24.6. The molecule has 0 aliphatic heterocycles. The van der Waals surface area contributed by atoms with Gasteiger partial charge < -0.3 is 10.1 Å². The molecule has 0 saturated heterocycles. The summed E-state index contributed by atoms with van der Waals surface area (Å²) in [4.78, 5) is 20.4. The molecule has 0 spiro atoms. The number of anilines is 2.